The highest BCUT2D eigenvalue weighted by Crippen LogP contribution is 2.22. The summed E-state index contributed by atoms with van der Waals surface area (Å²) in [7, 11) is 0. The van der Waals surface area contributed by atoms with Crippen LogP contribution in [-0.4, -0.2) is 23.7 Å². The number of carbonyl (C=O) groups is 1. The Labute approximate surface area is 125 Å². The smallest absolute Gasteiger partial charge is 0.260 e. The first kappa shape index (κ1) is 17.4. The molecule has 0 fully saturated rings. The molecule has 5 heteroatoms. The highest BCUT2D eigenvalue weighted by molar-refractivity contribution is 5.80. The molecule has 1 amide bonds. The highest BCUT2D eigenvalue weighted by atomic mass is 19.1. The van der Waals surface area contributed by atoms with E-state index in [4.69, 9.17) is 4.74 Å². The minimum Gasteiger partial charge on any atom is -0.481 e. The molecule has 0 heterocycles. The Morgan fingerprint density at radius 2 is 2.00 bits per heavy atom. The van der Waals surface area contributed by atoms with E-state index >= 15 is 0 Å². The molecule has 118 valence electrons. The van der Waals surface area contributed by atoms with Crippen molar-refractivity contribution in [2.45, 2.75) is 46.3 Å². The van der Waals surface area contributed by atoms with Crippen LogP contribution in [0, 0.1) is 11.7 Å². The quantitative estimate of drug-likeness (QED) is 0.813. The lowest BCUT2D eigenvalue weighted by Crippen LogP contribution is -2.37. The number of hydrogen-bond donors (Lipinski definition) is 2. The molecule has 21 heavy (non-hydrogen) atoms. The normalized spacial score (nSPS) is 13.9. The molecule has 0 aliphatic heterocycles. The zero-order valence-electron chi connectivity index (χ0n) is 13.0. The van der Waals surface area contributed by atoms with Crippen molar-refractivity contribution >= 4 is 5.91 Å². The van der Waals surface area contributed by atoms with E-state index in [9.17, 15) is 14.3 Å². The summed E-state index contributed by atoms with van der Waals surface area (Å²) >= 11 is 0. The minimum absolute atomic E-state index is 0.205. The summed E-state index contributed by atoms with van der Waals surface area (Å²) in [5.74, 6) is 0.0117. The summed E-state index contributed by atoms with van der Waals surface area (Å²) in [6.07, 6.45) is -0.680. The van der Waals surface area contributed by atoms with Gasteiger partial charge in [-0.05, 0) is 38.3 Å². The third-order valence-corrected chi connectivity index (χ3v) is 3.13. The fourth-order valence-electron chi connectivity index (χ4n) is 1.81. The monoisotopic (exact) mass is 297 g/mol. The Hall–Kier alpha value is -1.62. The maximum atomic E-state index is 13.7. The summed E-state index contributed by atoms with van der Waals surface area (Å²) in [5.41, 5.74) is 0.205. The van der Waals surface area contributed by atoms with Gasteiger partial charge in [-0.2, -0.15) is 0 Å². The number of benzene rings is 1. The van der Waals surface area contributed by atoms with Gasteiger partial charge in [0.05, 0.1) is 6.10 Å². The fourth-order valence-corrected chi connectivity index (χ4v) is 1.81. The second kappa shape index (κ2) is 7.98. The number of rotatable bonds is 7. The highest BCUT2D eigenvalue weighted by Gasteiger charge is 2.16. The number of aliphatic hydroxyl groups is 1. The molecule has 2 N–H and O–H groups in total. The van der Waals surface area contributed by atoms with E-state index in [2.05, 4.69) is 19.2 Å². The van der Waals surface area contributed by atoms with Gasteiger partial charge in [-0.1, -0.05) is 13.8 Å². The molecule has 0 bridgehead atoms. The molecular weight excluding hydrogens is 273 g/mol. The lowest BCUT2D eigenvalue weighted by atomic mass is 10.1. The number of amides is 1. The number of halogens is 1. The van der Waals surface area contributed by atoms with E-state index in [1.54, 1.807) is 13.0 Å². The van der Waals surface area contributed by atoms with Crippen molar-refractivity contribution in [2.24, 2.45) is 5.92 Å². The van der Waals surface area contributed by atoms with Crippen LogP contribution in [0.3, 0.4) is 0 Å². The number of hydrogen-bond acceptors (Lipinski definition) is 3. The van der Waals surface area contributed by atoms with E-state index in [1.165, 1.54) is 19.1 Å². The van der Waals surface area contributed by atoms with E-state index in [-0.39, 0.29) is 17.2 Å². The van der Waals surface area contributed by atoms with Crippen LogP contribution in [-0.2, 0) is 4.79 Å². The largest absolute Gasteiger partial charge is 0.481 e. The average Bonchev–Trinajstić information content (AvgIpc) is 2.37. The molecular formula is C16H24FNO3. The molecule has 0 aromatic heterocycles. The van der Waals surface area contributed by atoms with Crippen molar-refractivity contribution in [2.75, 3.05) is 6.54 Å². The first-order chi connectivity index (χ1) is 9.81. The first-order valence-corrected chi connectivity index (χ1v) is 7.23. The zero-order chi connectivity index (χ0) is 16.0. The van der Waals surface area contributed by atoms with Gasteiger partial charge < -0.3 is 15.2 Å². The summed E-state index contributed by atoms with van der Waals surface area (Å²) in [6, 6.07) is 4.18. The van der Waals surface area contributed by atoms with Crippen LogP contribution in [0.5, 0.6) is 5.75 Å². The Bertz CT molecular complexity index is 475. The molecule has 0 aliphatic carbocycles. The standard InChI is InChI=1S/C16H24FNO3/c1-10(2)7-8-18-16(20)12(4)21-13-5-6-14(11(3)19)15(17)9-13/h5-6,9-12,19H,7-8H2,1-4H3,(H,18,20)/t11-,12?/m1/s1. The van der Waals surface area contributed by atoms with Crippen molar-refractivity contribution in [3.05, 3.63) is 29.6 Å². The lowest BCUT2D eigenvalue weighted by Gasteiger charge is -2.16. The van der Waals surface area contributed by atoms with Crippen LogP contribution in [0.25, 0.3) is 0 Å². The third kappa shape index (κ3) is 5.71. The molecule has 1 rings (SSSR count). The predicted molar refractivity (Wildman–Crippen MR) is 79.6 cm³/mol. The van der Waals surface area contributed by atoms with Gasteiger partial charge in [0, 0.05) is 18.2 Å². The summed E-state index contributed by atoms with van der Waals surface area (Å²) in [4.78, 5) is 11.8. The van der Waals surface area contributed by atoms with Gasteiger partial charge in [0.2, 0.25) is 0 Å². The molecule has 2 atom stereocenters. The summed E-state index contributed by atoms with van der Waals surface area (Å²) < 4.78 is 19.1. The Balaban J connectivity index is 2.56. The molecule has 0 radical (unpaired) electrons. The minimum atomic E-state index is -0.879. The number of carbonyl (C=O) groups excluding carboxylic acids is 1. The molecule has 0 saturated carbocycles. The Morgan fingerprint density at radius 1 is 1.33 bits per heavy atom. The van der Waals surface area contributed by atoms with E-state index in [0.29, 0.717) is 12.5 Å². The first-order valence-electron chi connectivity index (χ1n) is 7.23. The molecule has 0 saturated heterocycles. The lowest BCUT2D eigenvalue weighted by molar-refractivity contribution is -0.127. The second-order valence-corrected chi connectivity index (χ2v) is 5.59. The second-order valence-electron chi connectivity index (χ2n) is 5.59. The Kier molecular flexibility index (Phi) is 6.62. The fraction of sp³-hybridized carbons (Fsp3) is 0.562. The molecule has 0 aliphatic rings. The van der Waals surface area contributed by atoms with Gasteiger partial charge in [-0.25, -0.2) is 4.39 Å². The van der Waals surface area contributed by atoms with E-state index in [1.807, 2.05) is 0 Å². The van der Waals surface area contributed by atoms with Crippen molar-refractivity contribution in [1.29, 1.82) is 0 Å². The van der Waals surface area contributed by atoms with Gasteiger partial charge in [0.25, 0.3) is 5.91 Å². The van der Waals surface area contributed by atoms with Crippen molar-refractivity contribution in [3.63, 3.8) is 0 Å². The molecule has 1 unspecified atom stereocenters. The maximum Gasteiger partial charge on any atom is 0.260 e. The number of ether oxygens (including phenoxy) is 1. The third-order valence-electron chi connectivity index (χ3n) is 3.13. The zero-order valence-corrected chi connectivity index (χ0v) is 13.0. The van der Waals surface area contributed by atoms with E-state index in [0.717, 1.165) is 6.42 Å². The van der Waals surface area contributed by atoms with E-state index < -0.39 is 18.0 Å². The number of aliphatic hydroxyl groups excluding tert-OH is 1. The Morgan fingerprint density at radius 3 is 2.52 bits per heavy atom. The predicted octanol–water partition coefficient (Wildman–Crippen LogP) is 2.81. The van der Waals surface area contributed by atoms with Gasteiger partial charge in [0.1, 0.15) is 11.6 Å². The van der Waals surface area contributed by atoms with Crippen LogP contribution in [0.15, 0.2) is 18.2 Å². The molecule has 0 spiro atoms. The van der Waals surface area contributed by atoms with Crippen LogP contribution in [0.2, 0.25) is 0 Å². The van der Waals surface area contributed by atoms with Gasteiger partial charge in [0.15, 0.2) is 6.10 Å². The molecule has 1 aromatic rings. The summed E-state index contributed by atoms with van der Waals surface area (Å²) in [6.45, 7) is 7.87. The van der Waals surface area contributed by atoms with Gasteiger partial charge >= 0.3 is 0 Å². The SMILES string of the molecule is CC(C)CCNC(=O)C(C)Oc1ccc([C@@H](C)O)c(F)c1. The van der Waals surface area contributed by atoms with Gasteiger partial charge in [-0.15, -0.1) is 0 Å². The number of nitrogens with one attached hydrogen (secondary N) is 1. The van der Waals surface area contributed by atoms with Crippen LogP contribution >= 0.6 is 0 Å². The van der Waals surface area contributed by atoms with Crippen LogP contribution in [0.1, 0.15) is 45.8 Å². The van der Waals surface area contributed by atoms with Gasteiger partial charge in [-0.3, -0.25) is 4.79 Å². The summed E-state index contributed by atoms with van der Waals surface area (Å²) in [5, 5.41) is 12.1. The van der Waals surface area contributed by atoms with Crippen LogP contribution < -0.4 is 10.1 Å². The maximum absolute atomic E-state index is 13.7. The topological polar surface area (TPSA) is 58.6 Å². The molecule has 4 nitrogen and oxygen atoms in total. The van der Waals surface area contributed by atoms with Crippen molar-refractivity contribution in [3.8, 4) is 5.75 Å². The van der Waals surface area contributed by atoms with Crippen LogP contribution in [0.4, 0.5) is 4.39 Å². The average molecular weight is 297 g/mol. The molecule has 1 aromatic carbocycles. The van der Waals surface area contributed by atoms with Crippen molar-refractivity contribution in [1.82, 2.24) is 5.32 Å². The van der Waals surface area contributed by atoms with Crippen molar-refractivity contribution < 1.29 is 19.0 Å².